The minimum absolute atomic E-state index is 0.0492. The molecule has 2 aliphatic rings. The van der Waals surface area contributed by atoms with Gasteiger partial charge in [-0.15, -0.1) is 0 Å². The summed E-state index contributed by atoms with van der Waals surface area (Å²) >= 11 is 0. The number of carbonyl (C=O) groups excluding carboxylic acids is 1. The van der Waals surface area contributed by atoms with E-state index in [1.807, 2.05) is 12.1 Å². The van der Waals surface area contributed by atoms with Crippen LogP contribution in [-0.4, -0.2) is 44.8 Å². The van der Waals surface area contributed by atoms with Crippen LogP contribution in [0, 0.1) is 17.7 Å². The van der Waals surface area contributed by atoms with Gasteiger partial charge in [0.25, 0.3) is 0 Å². The Balaban J connectivity index is 1.32. The lowest BCUT2D eigenvalue weighted by Crippen LogP contribution is -2.45. The van der Waals surface area contributed by atoms with Gasteiger partial charge in [-0.1, -0.05) is 19.1 Å². The van der Waals surface area contributed by atoms with Crippen LogP contribution >= 0.6 is 0 Å². The topological polar surface area (TPSA) is 69.7 Å². The third-order valence-corrected chi connectivity index (χ3v) is 8.51. The van der Waals surface area contributed by atoms with Gasteiger partial charge in [-0.2, -0.15) is 4.31 Å². The van der Waals surface area contributed by atoms with Crippen molar-refractivity contribution in [2.24, 2.45) is 11.8 Å². The van der Waals surface area contributed by atoms with Crippen LogP contribution in [0.25, 0.3) is 0 Å². The van der Waals surface area contributed by atoms with Gasteiger partial charge in [0, 0.05) is 38.4 Å². The van der Waals surface area contributed by atoms with Crippen molar-refractivity contribution in [3.05, 3.63) is 59.9 Å². The summed E-state index contributed by atoms with van der Waals surface area (Å²) < 4.78 is 40.3. The molecule has 2 fully saturated rings. The van der Waals surface area contributed by atoms with Gasteiger partial charge >= 0.3 is 0 Å². The molecule has 2 aliphatic heterocycles. The van der Waals surface area contributed by atoms with Gasteiger partial charge in [0.05, 0.1) is 10.8 Å². The quantitative estimate of drug-likeness (QED) is 0.693. The average molecular weight is 474 g/mol. The zero-order valence-electron chi connectivity index (χ0n) is 19.0. The minimum atomic E-state index is -3.75. The number of benzene rings is 2. The van der Waals surface area contributed by atoms with Crippen molar-refractivity contribution in [3.63, 3.8) is 0 Å². The predicted octanol–water partition coefficient (Wildman–Crippen LogP) is 3.78. The van der Waals surface area contributed by atoms with Crippen molar-refractivity contribution in [3.8, 4) is 0 Å². The summed E-state index contributed by atoms with van der Waals surface area (Å²) in [7, 11) is -3.75. The minimum Gasteiger partial charge on any atom is -0.371 e. The Morgan fingerprint density at radius 1 is 1.00 bits per heavy atom. The Morgan fingerprint density at radius 3 is 2.39 bits per heavy atom. The molecule has 2 aromatic carbocycles. The molecule has 2 unspecified atom stereocenters. The lowest BCUT2D eigenvalue weighted by Gasteiger charge is -2.33. The molecule has 2 aromatic rings. The number of rotatable bonds is 6. The van der Waals surface area contributed by atoms with Crippen molar-refractivity contribution >= 4 is 21.6 Å². The smallest absolute Gasteiger partial charge is 0.243 e. The Kier molecular flexibility index (Phi) is 7.34. The molecule has 2 atom stereocenters. The van der Waals surface area contributed by atoms with Crippen LogP contribution in [0.1, 0.15) is 38.2 Å². The normalized spacial score (nSPS) is 22.2. The van der Waals surface area contributed by atoms with Gasteiger partial charge in [0.1, 0.15) is 5.82 Å². The molecule has 1 amide bonds. The van der Waals surface area contributed by atoms with Crippen LogP contribution < -0.4 is 10.2 Å². The SMILES string of the molecule is CC1CCCN(c2ccc(CNC(=O)C3CCCN(S(=O)(=O)c4ccc(F)cc4)C3)cc2)C1. The van der Waals surface area contributed by atoms with Gasteiger partial charge in [0.15, 0.2) is 0 Å². The molecular weight excluding hydrogens is 441 g/mol. The molecule has 1 N–H and O–H groups in total. The fourth-order valence-corrected chi connectivity index (χ4v) is 6.24. The summed E-state index contributed by atoms with van der Waals surface area (Å²) in [5.41, 5.74) is 2.23. The highest BCUT2D eigenvalue weighted by Gasteiger charge is 2.33. The maximum absolute atomic E-state index is 13.2. The molecule has 0 saturated carbocycles. The number of hydrogen-bond acceptors (Lipinski definition) is 4. The van der Waals surface area contributed by atoms with E-state index in [-0.39, 0.29) is 17.3 Å². The van der Waals surface area contributed by atoms with Gasteiger partial charge in [-0.25, -0.2) is 12.8 Å². The molecule has 0 aliphatic carbocycles. The van der Waals surface area contributed by atoms with E-state index in [2.05, 4.69) is 29.3 Å². The maximum Gasteiger partial charge on any atom is 0.243 e. The van der Waals surface area contributed by atoms with Gasteiger partial charge in [-0.3, -0.25) is 4.79 Å². The first-order valence-electron chi connectivity index (χ1n) is 11.7. The summed E-state index contributed by atoms with van der Waals surface area (Å²) in [5.74, 6) is -0.311. The summed E-state index contributed by atoms with van der Waals surface area (Å²) in [5, 5.41) is 2.97. The number of nitrogens with zero attached hydrogens (tertiary/aromatic N) is 2. The van der Waals surface area contributed by atoms with Gasteiger partial charge in [-0.05, 0) is 73.6 Å². The maximum atomic E-state index is 13.2. The van der Waals surface area contributed by atoms with Crippen LogP contribution in [0.3, 0.4) is 0 Å². The third kappa shape index (κ3) is 5.73. The van der Waals surface area contributed by atoms with E-state index in [0.717, 1.165) is 30.8 Å². The van der Waals surface area contributed by atoms with Crippen molar-refractivity contribution in [1.29, 1.82) is 0 Å². The standard InChI is InChI=1S/C25H32FN3O3S/c1-19-4-2-14-28(17-19)23-10-6-20(7-11-23)16-27-25(30)21-5-3-15-29(18-21)33(31,32)24-12-8-22(26)9-13-24/h6-13,19,21H,2-5,14-18H2,1H3,(H,27,30). The Labute approximate surface area is 195 Å². The predicted molar refractivity (Wildman–Crippen MR) is 127 cm³/mol. The second-order valence-electron chi connectivity index (χ2n) is 9.23. The average Bonchev–Trinajstić information content (AvgIpc) is 2.83. The van der Waals surface area contributed by atoms with Crippen LogP contribution in [-0.2, 0) is 21.4 Å². The zero-order chi connectivity index (χ0) is 23.4. The molecule has 2 heterocycles. The first-order chi connectivity index (χ1) is 15.8. The molecule has 0 spiro atoms. The molecule has 2 saturated heterocycles. The van der Waals surface area contributed by atoms with Gasteiger partial charge in [0.2, 0.25) is 15.9 Å². The zero-order valence-corrected chi connectivity index (χ0v) is 19.9. The molecule has 0 radical (unpaired) electrons. The van der Waals surface area contributed by atoms with E-state index >= 15 is 0 Å². The number of carbonyl (C=O) groups is 1. The van der Waals surface area contributed by atoms with Crippen LogP contribution in [0.2, 0.25) is 0 Å². The van der Waals surface area contributed by atoms with Crippen molar-refractivity contribution in [2.45, 2.75) is 44.0 Å². The summed E-state index contributed by atoms with van der Waals surface area (Å²) in [6, 6.07) is 13.1. The second-order valence-corrected chi connectivity index (χ2v) is 11.2. The highest BCUT2D eigenvalue weighted by Crippen LogP contribution is 2.25. The largest absolute Gasteiger partial charge is 0.371 e. The summed E-state index contributed by atoms with van der Waals surface area (Å²) in [4.78, 5) is 15.2. The van der Waals surface area contributed by atoms with Crippen LogP contribution in [0.5, 0.6) is 0 Å². The first-order valence-corrected chi connectivity index (χ1v) is 13.1. The number of piperidine rings is 2. The van der Waals surface area contributed by atoms with E-state index in [4.69, 9.17) is 0 Å². The molecule has 33 heavy (non-hydrogen) atoms. The fraction of sp³-hybridized carbons (Fsp3) is 0.480. The molecule has 178 valence electrons. The lowest BCUT2D eigenvalue weighted by atomic mass is 9.98. The summed E-state index contributed by atoms with van der Waals surface area (Å²) in [6.07, 6.45) is 3.76. The van der Waals surface area contributed by atoms with E-state index in [1.165, 1.54) is 35.0 Å². The number of nitrogens with one attached hydrogen (secondary N) is 1. The number of sulfonamides is 1. The van der Waals surface area contributed by atoms with E-state index in [1.54, 1.807) is 0 Å². The fourth-order valence-electron chi connectivity index (χ4n) is 4.71. The van der Waals surface area contributed by atoms with Crippen molar-refractivity contribution < 1.29 is 17.6 Å². The molecule has 0 aromatic heterocycles. The summed E-state index contributed by atoms with van der Waals surface area (Å²) in [6.45, 7) is 5.36. The molecule has 6 nitrogen and oxygen atoms in total. The lowest BCUT2D eigenvalue weighted by molar-refractivity contribution is -0.126. The van der Waals surface area contributed by atoms with Crippen molar-refractivity contribution in [2.75, 3.05) is 31.1 Å². The Hall–Kier alpha value is -2.45. The monoisotopic (exact) mass is 473 g/mol. The van der Waals surface area contributed by atoms with Crippen molar-refractivity contribution in [1.82, 2.24) is 9.62 Å². The molecular formula is C25H32FN3O3S. The molecule has 4 rings (SSSR count). The highest BCUT2D eigenvalue weighted by atomic mass is 32.2. The van der Waals surface area contributed by atoms with E-state index in [0.29, 0.717) is 31.8 Å². The van der Waals surface area contributed by atoms with Gasteiger partial charge < -0.3 is 10.2 Å². The second kappa shape index (κ2) is 10.2. The van der Waals surface area contributed by atoms with E-state index in [9.17, 15) is 17.6 Å². The first kappa shape index (κ1) is 23.7. The third-order valence-electron chi connectivity index (χ3n) is 6.63. The Morgan fingerprint density at radius 2 is 1.70 bits per heavy atom. The number of halogens is 1. The highest BCUT2D eigenvalue weighted by molar-refractivity contribution is 7.89. The molecule has 8 heteroatoms. The van der Waals surface area contributed by atoms with Crippen LogP contribution in [0.4, 0.5) is 10.1 Å². The number of anilines is 1. The Bertz CT molecular complexity index is 1060. The van der Waals surface area contributed by atoms with Crippen LogP contribution in [0.15, 0.2) is 53.4 Å². The number of amides is 1. The molecule has 0 bridgehead atoms. The number of hydrogen-bond donors (Lipinski definition) is 1. The van der Waals surface area contributed by atoms with E-state index < -0.39 is 21.8 Å².